The molecule has 0 saturated carbocycles. The summed E-state index contributed by atoms with van der Waals surface area (Å²) in [7, 11) is 7.17. The summed E-state index contributed by atoms with van der Waals surface area (Å²) in [6.45, 7) is 1.30. The molecular weight excluding hydrogens is 328 g/mol. The number of methoxy groups -OCH3 is 2. The highest BCUT2D eigenvalue weighted by Crippen LogP contribution is 2.34. The molecule has 138 valence electrons. The maximum absolute atomic E-state index is 13.3. The summed E-state index contributed by atoms with van der Waals surface area (Å²) in [5, 5.41) is 0. The molecule has 2 aromatic rings. The van der Waals surface area contributed by atoms with Gasteiger partial charge in [-0.3, -0.25) is 9.69 Å². The monoisotopic (exact) mass is 354 g/mol. The largest absolute Gasteiger partial charge is 0.493 e. The predicted octanol–water partition coefficient (Wildman–Crippen LogP) is 2.89. The van der Waals surface area contributed by atoms with Gasteiger partial charge in [-0.2, -0.15) is 0 Å². The van der Waals surface area contributed by atoms with Crippen LogP contribution in [0.4, 0.5) is 0 Å². The molecule has 2 aromatic carbocycles. The van der Waals surface area contributed by atoms with Crippen LogP contribution >= 0.6 is 0 Å². The van der Waals surface area contributed by atoms with E-state index >= 15 is 0 Å². The molecule has 5 nitrogen and oxygen atoms in total. The Hall–Kier alpha value is -2.53. The summed E-state index contributed by atoms with van der Waals surface area (Å²) in [5.74, 6) is 1.57. The second kappa shape index (κ2) is 7.79. The first-order valence-corrected chi connectivity index (χ1v) is 8.79. The zero-order chi connectivity index (χ0) is 18.7. The molecule has 0 aromatic heterocycles. The van der Waals surface area contributed by atoms with Gasteiger partial charge in [0.15, 0.2) is 11.5 Å². The SMILES string of the molecule is COc1cc2c(cc1OC)CN(C(=O)C(c1ccccc1)N(C)C)CC2. The molecule has 26 heavy (non-hydrogen) atoms. The molecule has 0 saturated heterocycles. The Morgan fingerprint density at radius 2 is 1.65 bits per heavy atom. The van der Waals surface area contributed by atoms with E-state index in [-0.39, 0.29) is 11.9 Å². The van der Waals surface area contributed by atoms with E-state index in [2.05, 4.69) is 0 Å². The fourth-order valence-electron chi connectivity index (χ4n) is 3.54. The quantitative estimate of drug-likeness (QED) is 0.828. The van der Waals surface area contributed by atoms with E-state index in [1.54, 1.807) is 14.2 Å². The highest BCUT2D eigenvalue weighted by molar-refractivity contribution is 5.83. The van der Waals surface area contributed by atoms with Crippen molar-refractivity contribution in [3.05, 3.63) is 59.2 Å². The van der Waals surface area contributed by atoms with Crippen LogP contribution in [0.2, 0.25) is 0 Å². The van der Waals surface area contributed by atoms with Gasteiger partial charge in [0.25, 0.3) is 0 Å². The Balaban J connectivity index is 1.86. The number of hydrogen-bond acceptors (Lipinski definition) is 4. The fourth-order valence-corrected chi connectivity index (χ4v) is 3.54. The van der Waals surface area contributed by atoms with E-state index < -0.39 is 0 Å². The lowest BCUT2D eigenvalue weighted by molar-refractivity contribution is -0.137. The summed E-state index contributed by atoms with van der Waals surface area (Å²) >= 11 is 0. The van der Waals surface area contributed by atoms with E-state index in [4.69, 9.17) is 9.47 Å². The van der Waals surface area contributed by atoms with E-state index in [9.17, 15) is 4.79 Å². The van der Waals surface area contributed by atoms with Crippen molar-refractivity contribution in [1.29, 1.82) is 0 Å². The van der Waals surface area contributed by atoms with Gasteiger partial charge < -0.3 is 14.4 Å². The van der Waals surface area contributed by atoms with Gasteiger partial charge >= 0.3 is 0 Å². The highest BCUT2D eigenvalue weighted by Gasteiger charge is 2.30. The Morgan fingerprint density at radius 1 is 1.04 bits per heavy atom. The van der Waals surface area contributed by atoms with Crippen molar-refractivity contribution in [3.63, 3.8) is 0 Å². The van der Waals surface area contributed by atoms with Crippen LogP contribution in [0, 0.1) is 0 Å². The zero-order valence-electron chi connectivity index (χ0n) is 15.9. The number of carbonyl (C=O) groups is 1. The van der Waals surface area contributed by atoms with E-state index in [0.29, 0.717) is 18.8 Å². The summed E-state index contributed by atoms with van der Waals surface area (Å²) in [6.07, 6.45) is 0.816. The number of hydrogen-bond donors (Lipinski definition) is 0. The minimum atomic E-state index is -0.280. The molecule has 0 radical (unpaired) electrons. The summed E-state index contributed by atoms with van der Waals surface area (Å²) in [4.78, 5) is 17.2. The fraction of sp³-hybridized carbons (Fsp3) is 0.381. The predicted molar refractivity (Wildman–Crippen MR) is 102 cm³/mol. The van der Waals surface area contributed by atoms with Gasteiger partial charge in [-0.25, -0.2) is 0 Å². The molecule has 3 rings (SSSR count). The third-order valence-corrected chi connectivity index (χ3v) is 4.90. The van der Waals surface area contributed by atoms with E-state index in [1.165, 1.54) is 5.56 Å². The third kappa shape index (κ3) is 3.53. The molecule has 0 N–H and O–H groups in total. The van der Waals surface area contributed by atoms with E-state index in [0.717, 1.165) is 23.3 Å². The molecule has 1 aliphatic rings. The third-order valence-electron chi connectivity index (χ3n) is 4.90. The Kier molecular flexibility index (Phi) is 5.47. The van der Waals surface area contributed by atoms with Crippen molar-refractivity contribution in [2.24, 2.45) is 0 Å². The second-order valence-electron chi connectivity index (χ2n) is 6.76. The van der Waals surface area contributed by atoms with Crippen LogP contribution in [0.5, 0.6) is 11.5 Å². The summed E-state index contributed by atoms with van der Waals surface area (Å²) in [5.41, 5.74) is 3.35. The lowest BCUT2D eigenvalue weighted by atomic mass is 9.97. The number of rotatable bonds is 5. The van der Waals surface area contributed by atoms with Gasteiger partial charge in [-0.1, -0.05) is 30.3 Å². The van der Waals surface area contributed by atoms with Crippen molar-refractivity contribution in [3.8, 4) is 11.5 Å². The highest BCUT2D eigenvalue weighted by atomic mass is 16.5. The Bertz CT molecular complexity index is 774. The number of benzene rings is 2. The first-order valence-electron chi connectivity index (χ1n) is 8.79. The maximum Gasteiger partial charge on any atom is 0.244 e. The van der Waals surface area contributed by atoms with Crippen LogP contribution < -0.4 is 9.47 Å². The summed E-state index contributed by atoms with van der Waals surface area (Å²) in [6, 6.07) is 13.7. The molecule has 0 spiro atoms. The van der Waals surface area contributed by atoms with Crippen molar-refractivity contribution in [1.82, 2.24) is 9.80 Å². The van der Waals surface area contributed by atoms with Gasteiger partial charge in [-0.05, 0) is 49.3 Å². The lowest BCUT2D eigenvalue weighted by Gasteiger charge is -2.34. The number of fused-ring (bicyclic) bond motifs is 1. The maximum atomic E-state index is 13.3. The Labute approximate surface area is 155 Å². The molecule has 5 heteroatoms. The van der Waals surface area contributed by atoms with Crippen LogP contribution in [0.15, 0.2) is 42.5 Å². The van der Waals surface area contributed by atoms with Crippen LogP contribution in [0.25, 0.3) is 0 Å². The number of carbonyl (C=O) groups excluding carboxylic acids is 1. The van der Waals surface area contributed by atoms with Crippen molar-refractivity contribution < 1.29 is 14.3 Å². The van der Waals surface area contributed by atoms with Crippen LogP contribution in [-0.2, 0) is 17.8 Å². The Morgan fingerprint density at radius 3 is 2.23 bits per heavy atom. The molecule has 0 fully saturated rings. The van der Waals surface area contributed by atoms with E-state index in [1.807, 2.05) is 66.4 Å². The number of nitrogens with zero attached hydrogens (tertiary/aromatic N) is 2. The average Bonchev–Trinajstić information content (AvgIpc) is 2.67. The normalized spacial score (nSPS) is 14.7. The first kappa shape index (κ1) is 18.3. The van der Waals surface area contributed by atoms with Crippen molar-refractivity contribution >= 4 is 5.91 Å². The van der Waals surface area contributed by atoms with Crippen LogP contribution in [-0.4, -0.2) is 50.6 Å². The van der Waals surface area contributed by atoms with Gasteiger partial charge in [0, 0.05) is 13.1 Å². The minimum absolute atomic E-state index is 0.127. The lowest BCUT2D eigenvalue weighted by Crippen LogP contribution is -2.43. The zero-order valence-corrected chi connectivity index (χ0v) is 15.9. The molecule has 1 unspecified atom stereocenters. The van der Waals surface area contributed by atoms with Gasteiger partial charge in [-0.15, -0.1) is 0 Å². The van der Waals surface area contributed by atoms with Gasteiger partial charge in [0.05, 0.1) is 14.2 Å². The molecular formula is C21H26N2O3. The molecule has 1 aliphatic heterocycles. The number of likely N-dealkylation sites (N-methyl/N-ethyl adjacent to an activating group) is 1. The molecule has 0 aliphatic carbocycles. The van der Waals surface area contributed by atoms with Crippen molar-refractivity contribution in [2.45, 2.75) is 19.0 Å². The smallest absolute Gasteiger partial charge is 0.244 e. The first-order chi connectivity index (χ1) is 12.5. The van der Waals surface area contributed by atoms with Crippen LogP contribution in [0.1, 0.15) is 22.7 Å². The van der Waals surface area contributed by atoms with Crippen LogP contribution in [0.3, 0.4) is 0 Å². The second-order valence-corrected chi connectivity index (χ2v) is 6.76. The molecule has 0 bridgehead atoms. The standard InChI is InChI=1S/C21H26N2O3/c1-22(2)20(15-8-6-5-7-9-15)21(24)23-11-10-16-12-18(25-3)19(26-4)13-17(16)14-23/h5-9,12-13,20H,10-11,14H2,1-4H3. The van der Waals surface area contributed by atoms with Crippen molar-refractivity contribution in [2.75, 3.05) is 34.9 Å². The minimum Gasteiger partial charge on any atom is -0.493 e. The average molecular weight is 354 g/mol. The van der Waals surface area contributed by atoms with Gasteiger partial charge in [0.1, 0.15) is 6.04 Å². The number of ether oxygens (including phenoxy) is 2. The molecule has 1 amide bonds. The molecule has 1 atom stereocenters. The topological polar surface area (TPSA) is 42.0 Å². The molecule has 1 heterocycles. The summed E-state index contributed by atoms with van der Waals surface area (Å²) < 4.78 is 10.8. The van der Waals surface area contributed by atoms with Gasteiger partial charge in [0.2, 0.25) is 5.91 Å². The number of amides is 1.